The summed E-state index contributed by atoms with van der Waals surface area (Å²) in [5, 5.41) is 20.5. The maximum absolute atomic E-state index is 9.44. The van der Waals surface area contributed by atoms with Crippen LogP contribution in [-0.4, -0.2) is 46.3 Å². The molecule has 0 saturated carbocycles. The summed E-state index contributed by atoms with van der Waals surface area (Å²) in [5.74, 6) is 0.940. The molecular weight excluding hydrogens is 390 g/mol. The summed E-state index contributed by atoms with van der Waals surface area (Å²) in [7, 11) is 0. The van der Waals surface area contributed by atoms with Gasteiger partial charge in [-0.15, -0.1) is 0 Å². The third-order valence-corrected chi connectivity index (χ3v) is 5.89. The standard InChI is InChI=1S/C24H29N5O2/c1-16-7-5-14-26-23(16)29(20-8-6-13-25-15-20)17(2)18-9-11-19(12-10-18)21-22(27-30)24(3,4)31-28-21/h5,7,9-12,14,20,25,30H,2,6,8,13,15H2,1,3-4H3/b27-22-/t20-/m1/s1. The fraction of sp³-hybridized carbons (Fsp3) is 0.375. The number of rotatable bonds is 5. The molecular formula is C24H29N5O2. The first-order valence-electron chi connectivity index (χ1n) is 10.6. The second kappa shape index (κ2) is 8.51. The normalized spacial score (nSPS) is 21.5. The number of piperidine rings is 1. The number of nitrogens with one attached hydrogen (secondary N) is 1. The first-order valence-corrected chi connectivity index (χ1v) is 10.6. The van der Waals surface area contributed by atoms with Gasteiger partial charge in [-0.05, 0) is 57.4 Å². The van der Waals surface area contributed by atoms with Gasteiger partial charge in [0, 0.05) is 30.0 Å². The molecule has 1 aromatic heterocycles. The summed E-state index contributed by atoms with van der Waals surface area (Å²) in [6.07, 6.45) is 4.04. The molecule has 3 heterocycles. The molecule has 0 unspecified atom stereocenters. The second-order valence-corrected chi connectivity index (χ2v) is 8.53. The van der Waals surface area contributed by atoms with Gasteiger partial charge in [0.2, 0.25) is 0 Å². The number of pyridine rings is 1. The van der Waals surface area contributed by atoms with Crippen molar-refractivity contribution < 1.29 is 10.0 Å². The van der Waals surface area contributed by atoms with Gasteiger partial charge in [-0.25, -0.2) is 4.98 Å². The van der Waals surface area contributed by atoms with E-state index in [-0.39, 0.29) is 6.04 Å². The van der Waals surface area contributed by atoms with Crippen LogP contribution in [0.15, 0.2) is 59.5 Å². The topological polar surface area (TPSA) is 82.3 Å². The molecule has 1 saturated heterocycles. The number of benzene rings is 1. The van der Waals surface area contributed by atoms with Crippen molar-refractivity contribution in [2.45, 2.75) is 45.3 Å². The summed E-state index contributed by atoms with van der Waals surface area (Å²) >= 11 is 0. The van der Waals surface area contributed by atoms with Crippen LogP contribution in [0.5, 0.6) is 0 Å². The molecule has 7 heteroatoms. The maximum atomic E-state index is 9.44. The van der Waals surface area contributed by atoms with Crippen molar-refractivity contribution in [3.8, 4) is 0 Å². The van der Waals surface area contributed by atoms with Gasteiger partial charge in [-0.3, -0.25) is 0 Å². The van der Waals surface area contributed by atoms with Crippen molar-refractivity contribution in [3.05, 3.63) is 65.9 Å². The zero-order chi connectivity index (χ0) is 22.0. The molecule has 0 radical (unpaired) electrons. The third kappa shape index (κ3) is 4.05. The predicted molar refractivity (Wildman–Crippen MR) is 124 cm³/mol. The van der Waals surface area contributed by atoms with Crippen molar-refractivity contribution in [1.82, 2.24) is 10.3 Å². The number of oxime groups is 2. The van der Waals surface area contributed by atoms with E-state index in [1.165, 1.54) is 0 Å². The first kappa shape index (κ1) is 21.1. The van der Waals surface area contributed by atoms with Crippen LogP contribution in [0.1, 0.15) is 43.4 Å². The fourth-order valence-corrected chi connectivity index (χ4v) is 4.15. The summed E-state index contributed by atoms with van der Waals surface area (Å²) in [6, 6.07) is 12.3. The largest absolute Gasteiger partial charge is 0.410 e. The van der Waals surface area contributed by atoms with Gasteiger partial charge in [0.05, 0.1) is 0 Å². The minimum absolute atomic E-state index is 0.288. The minimum atomic E-state index is -0.756. The van der Waals surface area contributed by atoms with E-state index in [0.29, 0.717) is 11.4 Å². The lowest BCUT2D eigenvalue weighted by molar-refractivity contribution is 0.0507. The smallest absolute Gasteiger partial charge is 0.179 e. The van der Waals surface area contributed by atoms with Crippen molar-refractivity contribution in [3.63, 3.8) is 0 Å². The quantitative estimate of drug-likeness (QED) is 0.566. The highest BCUT2D eigenvalue weighted by Gasteiger charge is 2.38. The van der Waals surface area contributed by atoms with Gasteiger partial charge < -0.3 is 20.3 Å². The Morgan fingerprint density at radius 1 is 1.29 bits per heavy atom. The highest BCUT2D eigenvalue weighted by molar-refractivity contribution is 6.51. The third-order valence-electron chi connectivity index (χ3n) is 5.89. The minimum Gasteiger partial charge on any atom is -0.410 e. The number of hydrogen-bond donors (Lipinski definition) is 2. The first-order chi connectivity index (χ1) is 14.9. The molecule has 0 aliphatic carbocycles. The van der Waals surface area contributed by atoms with Crippen molar-refractivity contribution in [2.24, 2.45) is 10.3 Å². The Balaban J connectivity index is 1.64. The lowest BCUT2D eigenvalue weighted by atomic mass is 9.94. The molecule has 2 aromatic rings. The van der Waals surface area contributed by atoms with Crippen LogP contribution in [0, 0.1) is 6.92 Å². The zero-order valence-corrected chi connectivity index (χ0v) is 18.3. The van der Waals surface area contributed by atoms with E-state index in [1.807, 2.05) is 50.4 Å². The Hall–Kier alpha value is -3.19. The molecule has 0 spiro atoms. The number of anilines is 1. The molecule has 1 aromatic carbocycles. The average Bonchev–Trinajstić information content (AvgIpc) is 3.10. The van der Waals surface area contributed by atoms with Gasteiger partial charge in [-0.2, -0.15) is 0 Å². The molecule has 1 fully saturated rings. The Morgan fingerprint density at radius 3 is 2.71 bits per heavy atom. The monoisotopic (exact) mass is 419 g/mol. The highest BCUT2D eigenvalue weighted by Crippen LogP contribution is 2.31. The van der Waals surface area contributed by atoms with Crippen molar-refractivity contribution in [2.75, 3.05) is 18.0 Å². The second-order valence-electron chi connectivity index (χ2n) is 8.53. The number of nitrogens with zero attached hydrogens (tertiary/aromatic N) is 4. The van der Waals surface area contributed by atoms with Gasteiger partial charge in [0.25, 0.3) is 0 Å². The molecule has 1 atom stereocenters. The molecule has 31 heavy (non-hydrogen) atoms. The fourth-order valence-electron chi connectivity index (χ4n) is 4.15. The van der Waals surface area contributed by atoms with Gasteiger partial charge in [-0.1, -0.05) is 47.2 Å². The maximum Gasteiger partial charge on any atom is 0.179 e. The summed E-state index contributed by atoms with van der Waals surface area (Å²) in [6.45, 7) is 12.1. The Bertz CT molecular complexity index is 1020. The van der Waals surface area contributed by atoms with E-state index < -0.39 is 5.60 Å². The Kier molecular flexibility index (Phi) is 5.78. The molecule has 0 amide bonds. The molecule has 2 aliphatic rings. The van der Waals surface area contributed by atoms with Crippen LogP contribution in [0.25, 0.3) is 5.70 Å². The highest BCUT2D eigenvalue weighted by atomic mass is 16.7. The summed E-state index contributed by atoms with van der Waals surface area (Å²) in [5.41, 5.74) is 4.05. The van der Waals surface area contributed by atoms with E-state index in [1.54, 1.807) is 0 Å². The summed E-state index contributed by atoms with van der Waals surface area (Å²) < 4.78 is 0. The molecule has 4 rings (SSSR count). The zero-order valence-electron chi connectivity index (χ0n) is 18.3. The lowest BCUT2D eigenvalue weighted by Crippen LogP contribution is -2.45. The lowest BCUT2D eigenvalue weighted by Gasteiger charge is -2.37. The van der Waals surface area contributed by atoms with Crippen LogP contribution in [-0.2, 0) is 4.84 Å². The molecule has 7 nitrogen and oxygen atoms in total. The average molecular weight is 420 g/mol. The van der Waals surface area contributed by atoms with Gasteiger partial charge >= 0.3 is 0 Å². The van der Waals surface area contributed by atoms with Crippen molar-refractivity contribution in [1.29, 1.82) is 0 Å². The van der Waals surface area contributed by atoms with Crippen molar-refractivity contribution >= 4 is 22.9 Å². The van der Waals surface area contributed by atoms with E-state index >= 15 is 0 Å². The molecule has 2 N–H and O–H groups in total. The van der Waals surface area contributed by atoms with Crippen LogP contribution in [0.3, 0.4) is 0 Å². The Morgan fingerprint density at radius 2 is 2.06 bits per heavy atom. The number of aromatic nitrogens is 1. The van der Waals surface area contributed by atoms with Crippen LogP contribution < -0.4 is 10.2 Å². The number of hydrogen-bond acceptors (Lipinski definition) is 7. The molecule has 162 valence electrons. The van der Waals surface area contributed by atoms with E-state index in [4.69, 9.17) is 4.84 Å². The molecule has 2 aliphatic heterocycles. The van der Waals surface area contributed by atoms with Crippen LogP contribution >= 0.6 is 0 Å². The Labute approximate surface area is 183 Å². The van der Waals surface area contributed by atoms with E-state index in [2.05, 4.69) is 45.1 Å². The number of aryl methyl sites for hydroxylation is 1. The van der Waals surface area contributed by atoms with Crippen LogP contribution in [0.4, 0.5) is 5.82 Å². The van der Waals surface area contributed by atoms with E-state index in [0.717, 1.165) is 54.1 Å². The summed E-state index contributed by atoms with van der Waals surface area (Å²) in [4.78, 5) is 12.4. The van der Waals surface area contributed by atoms with E-state index in [9.17, 15) is 5.21 Å². The molecule has 0 bridgehead atoms. The van der Waals surface area contributed by atoms with Crippen LogP contribution in [0.2, 0.25) is 0 Å². The van der Waals surface area contributed by atoms with Gasteiger partial charge in [0.15, 0.2) is 11.3 Å². The van der Waals surface area contributed by atoms with Gasteiger partial charge in [0.1, 0.15) is 11.5 Å². The predicted octanol–water partition coefficient (Wildman–Crippen LogP) is 3.96. The SMILES string of the molecule is C=C(c1ccc(C2=NOC(C)(C)/C2=N\O)cc1)N(c1ncccc1C)[C@@H]1CCCNC1.